The second-order valence-electron chi connectivity index (χ2n) is 5.08. The number of nitrogens with zero attached hydrogens (tertiary/aromatic N) is 2. The zero-order chi connectivity index (χ0) is 14.9. The molecule has 0 bridgehead atoms. The fraction of sp³-hybridized carbons (Fsp3) is 0.462. The van der Waals surface area contributed by atoms with Crippen molar-refractivity contribution in [2.24, 2.45) is 11.7 Å². The van der Waals surface area contributed by atoms with Gasteiger partial charge in [-0.25, -0.2) is 0 Å². The Bertz CT molecular complexity index is 548. The molecule has 1 amide bonds. The summed E-state index contributed by atoms with van der Waals surface area (Å²) < 4.78 is 0. The minimum atomic E-state index is -0.567. The van der Waals surface area contributed by atoms with Gasteiger partial charge < -0.3 is 10.6 Å². The van der Waals surface area contributed by atoms with Crippen LogP contribution in [0.4, 0.5) is 5.69 Å². The van der Waals surface area contributed by atoms with Crippen molar-refractivity contribution in [2.45, 2.75) is 19.4 Å². The van der Waals surface area contributed by atoms with Crippen LogP contribution in [0, 0.1) is 16.0 Å². The van der Waals surface area contributed by atoms with Crippen LogP contribution in [0.2, 0.25) is 5.02 Å². The lowest BCUT2D eigenvalue weighted by atomic mass is 10.0. The minimum absolute atomic E-state index is 0.00199. The first kappa shape index (κ1) is 14.7. The van der Waals surface area contributed by atoms with Gasteiger partial charge >= 0.3 is 0 Å². The normalized spacial score (nSPS) is 19.9. The SMILES string of the molecule is CC(N)C1CCN(C(=O)c2cc(Cl)ccc2[N+](=O)[O-])C1. The molecule has 7 heteroatoms. The molecule has 0 saturated carbocycles. The molecule has 2 atom stereocenters. The molecule has 0 radical (unpaired) electrons. The van der Waals surface area contributed by atoms with Crippen LogP contribution in [-0.4, -0.2) is 34.9 Å². The molecule has 2 rings (SSSR count). The van der Waals surface area contributed by atoms with Crippen LogP contribution < -0.4 is 5.73 Å². The summed E-state index contributed by atoms with van der Waals surface area (Å²) in [4.78, 5) is 24.4. The van der Waals surface area contributed by atoms with E-state index in [9.17, 15) is 14.9 Å². The molecule has 1 aromatic rings. The molecule has 0 aromatic heterocycles. The van der Waals surface area contributed by atoms with E-state index in [4.69, 9.17) is 17.3 Å². The lowest BCUT2D eigenvalue weighted by molar-refractivity contribution is -0.385. The summed E-state index contributed by atoms with van der Waals surface area (Å²) in [6.07, 6.45) is 0.817. The van der Waals surface area contributed by atoms with Gasteiger partial charge in [0.15, 0.2) is 0 Å². The fourth-order valence-electron chi connectivity index (χ4n) is 2.41. The Labute approximate surface area is 121 Å². The molecule has 1 saturated heterocycles. The number of carbonyl (C=O) groups is 1. The van der Waals surface area contributed by atoms with E-state index in [1.807, 2.05) is 6.92 Å². The molecule has 2 unspecified atom stereocenters. The topological polar surface area (TPSA) is 89.5 Å². The zero-order valence-electron chi connectivity index (χ0n) is 11.1. The molecule has 2 N–H and O–H groups in total. The number of amides is 1. The van der Waals surface area contributed by atoms with Gasteiger partial charge in [-0.05, 0) is 31.4 Å². The Kier molecular flexibility index (Phi) is 4.25. The van der Waals surface area contributed by atoms with Gasteiger partial charge in [-0.2, -0.15) is 0 Å². The summed E-state index contributed by atoms with van der Waals surface area (Å²) in [6.45, 7) is 3.00. The Morgan fingerprint density at radius 1 is 1.60 bits per heavy atom. The van der Waals surface area contributed by atoms with Crippen molar-refractivity contribution in [3.8, 4) is 0 Å². The van der Waals surface area contributed by atoms with Crippen LogP contribution in [0.3, 0.4) is 0 Å². The highest BCUT2D eigenvalue weighted by Gasteiger charge is 2.32. The first-order chi connectivity index (χ1) is 9.40. The average Bonchev–Trinajstić information content (AvgIpc) is 2.87. The maximum atomic E-state index is 12.4. The van der Waals surface area contributed by atoms with Crippen LogP contribution in [-0.2, 0) is 0 Å². The molecular formula is C13H16ClN3O3. The molecule has 6 nitrogen and oxygen atoms in total. The number of rotatable bonds is 3. The molecule has 1 heterocycles. The third-order valence-corrected chi connectivity index (χ3v) is 3.88. The lowest BCUT2D eigenvalue weighted by Crippen LogP contribution is -2.33. The van der Waals surface area contributed by atoms with Gasteiger partial charge in [0.05, 0.1) is 4.92 Å². The summed E-state index contributed by atoms with van der Waals surface area (Å²) >= 11 is 5.84. The molecule has 108 valence electrons. The first-order valence-corrected chi connectivity index (χ1v) is 6.76. The van der Waals surface area contributed by atoms with E-state index in [0.29, 0.717) is 18.1 Å². The van der Waals surface area contributed by atoms with E-state index >= 15 is 0 Å². The quantitative estimate of drug-likeness (QED) is 0.683. The van der Waals surface area contributed by atoms with E-state index in [1.54, 1.807) is 4.90 Å². The van der Waals surface area contributed by atoms with E-state index in [2.05, 4.69) is 0 Å². The maximum absolute atomic E-state index is 12.4. The van der Waals surface area contributed by atoms with Crippen molar-refractivity contribution in [3.05, 3.63) is 38.9 Å². The largest absolute Gasteiger partial charge is 0.338 e. The number of halogens is 1. The first-order valence-electron chi connectivity index (χ1n) is 6.39. The highest BCUT2D eigenvalue weighted by Crippen LogP contribution is 2.27. The summed E-state index contributed by atoms with van der Waals surface area (Å²) in [5.41, 5.74) is 5.65. The number of benzene rings is 1. The second kappa shape index (κ2) is 5.76. The van der Waals surface area contributed by atoms with Gasteiger partial charge in [0.1, 0.15) is 5.56 Å². The van der Waals surface area contributed by atoms with Gasteiger partial charge in [-0.1, -0.05) is 11.6 Å². The Hall–Kier alpha value is -1.66. The van der Waals surface area contributed by atoms with Crippen molar-refractivity contribution < 1.29 is 9.72 Å². The smallest absolute Gasteiger partial charge is 0.282 e. The van der Waals surface area contributed by atoms with Crippen LogP contribution in [0.25, 0.3) is 0 Å². The molecule has 1 aliphatic rings. The highest BCUT2D eigenvalue weighted by atomic mass is 35.5. The average molecular weight is 298 g/mol. The van der Waals surface area contributed by atoms with E-state index in [1.165, 1.54) is 18.2 Å². The maximum Gasteiger partial charge on any atom is 0.282 e. The Balaban J connectivity index is 2.26. The van der Waals surface area contributed by atoms with Crippen LogP contribution in [0.5, 0.6) is 0 Å². The van der Waals surface area contributed by atoms with E-state index in [-0.39, 0.29) is 29.1 Å². The second-order valence-corrected chi connectivity index (χ2v) is 5.51. The predicted octanol–water partition coefficient (Wildman–Crippen LogP) is 2.06. The summed E-state index contributed by atoms with van der Waals surface area (Å²) in [6, 6.07) is 4.02. The van der Waals surface area contributed by atoms with Crippen molar-refractivity contribution >= 4 is 23.2 Å². The Morgan fingerprint density at radius 2 is 2.30 bits per heavy atom. The molecule has 20 heavy (non-hydrogen) atoms. The van der Waals surface area contributed by atoms with Crippen LogP contribution in [0.1, 0.15) is 23.7 Å². The summed E-state index contributed by atoms with van der Waals surface area (Å²) in [5.74, 6) is -0.125. The minimum Gasteiger partial charge on any atom is -0.338 e. The molecule has 1 aliphatic heterocycles. The van der Waals surface area contributed by atoms with Gasteiger partial charge in [0.2, 0.25) is 0 Å². The van der Waals surface area contributed by atoms with Gasteiger partial charge in [0.25, 0.3) is 11.6 Å². The predicted molar refractivity (Wildman–Crippen MR) is 75.8 cm³/mol. The monoisotopic (exact) mass is 297 g/mol. The number of carbonyl (C=O) groups excluding carboxylic acids is 1. The number of likely N-dealkylation sites (tertiary alicyclic amines) is 1. The fourth-order valence-corrected chi connectivity index (χ4v) is 2.58. The van der Waals surface area contributed by atoms with Crippen molar-refractivity contribution in [1.29, 1.82) is 0 Å². The third-order valence-electron chi connectivity index (χ3n) is 3.64. The van der Waals surface area contributed by atoms with Crippen molar-refractivity contribution in [1.82, 2.24) is 4.90 Å². The molecule has 0 aliphatic carbocycles. The van der Waals surface area contributed by atoms with E-state index in [0.717, 1.165) is 6.42 Å². The molecular weight excluding hydrogens is 282 g/mol. The third kappa shape index (κ3) is 2.91. The van der Waals surface area contributed by atoms with Crippen LogP contribution >= 0.6 is 11.6 Å². The highest BCUT2D eigenvalue weighted by molar-refractivity contribution is 6.31. The Morgan fingerprint density at radius 3 is 2.85 bits per heavy atom. The zero-order valence-corrected chi connectivity index (χ0v) is 11.8. The van der Waals surface area contributed by atoms with Gasteiger partial charge in [0, 0.05) is 30.2 Å². The number of nitro benzene ring substituents is 1. The summed E-state index contributed by atoms with van der Waals surface area (Å²) in [5, 5.41) is 11.3. The number of hydrogen-bond acceptors (Lipinski definition) is 4. The standard InChI is InChI=1S/C13H16ClN3O3/c1-8(15)9-4-5-16(7-9)13(18)11-6-10(14)2-3-12(11)17(19)20/h2-3,6,8-9H,4-5,7,15H2,1H3. The molecule has 1 aromatic carbocycles. The van der Waals surface area contributed by atoms with E-state index < -0.39 is 4.92 Å². The molecule has 0 spiro atoms. The number of hydrogen-bond donors (Lipinski definition) is 1. The van der Waals surface area contributed by atoms with Crippen molar-refractivity contribution in [3.63, 3.8) is 0 Å². The number of nitro groups is 1. The summed E-state index contributed by atoms with van der Waals surface area (Å²) in [7, 11) is 0. The van der Waals surface area contributed by atoms with Gasteiger partial charge in [-0.15, -0.1) is 0 Å². The molecule has 1 fully saturated rings. The lowest BCUT2D eigenvalue weighted by Gasteiger charge is -2.18. The number of nitrogens with two attached hydrogens (primary N) is 1. The van der Waals surface area contributed by atoms with Crippen LogP contribution in [0.15, 0.2) is 18.2 Å². The van der Waals surface area contributed by atoms with Crippen molar-refractivity contribution in [2.75, 3.05) is 13.1 Å². The van der Waals surface area contributed by atoms with Gasteiger partial charge in [-0.3, -0.25) is 14.9 Å².